The molecule has 9 rings (SSSR count). The van der Waals surface area contributed by atoms with E-state index in [1.807, 2.05) is 0 Å². The van der Waals surface area contributed by atoms with Gasteiger partial charge >= 0.3 is 0 Å². The van der Waals surface area contributed by atoms with Gasteiger partial charge in [0.05, 0.1) is 11.0 Å². The molecular formula is C43H30N2. The summed E-state index contributed by atoms with van der Waals surface area (Å²) in [6.45, 7) is 0. The average molecular weight is 575 g/mol. The minimum Gasteiger partial charge on any atom is -0.345 e. The van der Waals surface area contributed by atoms with E-state index < -0.39 is 0 Å². The molecule has 0 radical (unpaired) electrons. The van der Waals surface area contributed by atoms with Gasteiger partial charge in [0.15, 0.2) is 0 Å². The Balaban J connectivity index is 1.31. The molecule has 1 aromatic heterocycles. The normalized spacial score (nSPS) is 11.7. The van der Waals surface area contributed by atoms with Crippen molar-refractivity contribution in [1.82, 2.24) is 4.57 Å². The van der Waals surface area contributed by atoms with Gasteiger partial charge in [0, 0.05) is 40.3 Å². The quantitative estimate of drug-likeness (QED) is 0.190. The molecule has 0 fully saturated rings. The van der Waals surface area contributed by atoms with Gasteiger partial charge in [-0.1, -0.05) is 115 Å². The summed E-state index contributed by atoms with van der Waals surface area (Å²) in [5, 5.41) is 10.2. The van der Waals surface area contributed by atoms with Crippen LogP contribution in [-0.4, -0.2) is 11.6 Å². The average Bonchev–Trinajstić information content (AvgIpc) is 3.47. The van der Waals surface area contributed by atoms with Gasteiger partial charge in [-0.2, -0.15) is 0 Å². The number of rotatable bonds is 4. The molecule has 0 spiro atoms. The van der Waals surface area contributed by atoms with Crippen molar-refractivity contribution in [1.29, 1.82) is 0 Å². The van der Waals surface area contributed by atoms with Gasteiger partial charge < -0.3 is 9.47 Å². The predicted molar refractivity (Wildman–Crippen MR) is 193 cm³/mol. The number of para-hydroxylation sites is 1. The molecule has 2 nitrogen and oxygen atoms in total. The maximum atomic E-state index is 2.48. The highest BCUT2D eigenvalue weighted by Gasteiger charge is 2.19. The molecule has 0 aliphatic heterocycles. The SMILES string of the molecule is CN(c1ccccc1)c1ccc(-c2ccc3c(c2)c2c4ccccc4c4ccccc4c2n3-c2ccc3ccccc3c2)cc1. The van der Waals surface area contributed by atoms with Crippen molar-refractivity contribution in [2.75, 3.05) is 11.9 Å². The fourth-order valence-corrected chi connectivity index (χ4v) is 7.12. The summed E-state index contributed by atoms with van der Waals surface area (Å²) in [6, 6.07) is 59.6. The molecular weight excluding hydrogens is 544 g/mol. The summed E-state index contributed by atoms with van der Waals surface area (Å²) in [6.07, 6.45) is 0. The molecule has 45 heavy (non-hydrogen) atoms. The van der Waals surface area contributed by atoms with Crippen molar-refractivity contribution in [3.8, 4) is 16.8 Å². The zero-order chi connectivity index (χ0) is 29.9. The molecule has 0 bridgehead atoms. The van der Waals surface area contributed by atoms with Crippen molar-refractivity contribution in [3.63, 3.8) is 0 Å². The van der Waals surface area contributed by atoms with Crippen molar-refractivity contribution in [3.05, 3.63) is 164 Å². The van der Waals surface area contributed by atoms with Crippen molar-refractivity contribution in [2.45, 2.75) is 0 Å². The van der Waals surface area contributed by atoms with E-state index in [1.165, 1.54) is 76.6 Å². The fourth-order valence-electron chi connectivity index (χ4n) is 7.12. The van der Waals surface area contributed by atoms with Crippen molar-refractivity contribution >= 4 is 65.5 Å². The topological polar surface area (TPSA) is 8.17 Å². The maximum Gasteiger partial charge on any atom is 0.0625 e. The van der Waals surface area contributed by atoms with E-state index in [4.69, 9.17) is 0 Å². The molecule has 0 saturated heterocycles. The van der Waals surface area contributed by atoms with Crippen LogP contribution >= 0.6 is 0 Å². The fraction of sp³-hybridized carbons (Fsp3) is 0.0233. The van der Waals surface area contributed by atoms with E-state index in [-0.39, 0.29) is 0 Å². The number of fused-ring (bicyclic) bond motifs is 9. The number of anilines is 2. The first-order chi connectivity index (χ1) is 22.2. The molecule has 0 N–H and O–H groups in total. The van der Waals surface area contributed by atoms with Gasteiger partial charge in [0.1, 0.15) is 0 Å². The predicted octanol–water partition coefficient (Wildman–Crippen LogP) is 11.7. The number of aromatic nitrogens is 1. The highest BCUT2D eigenvalue weighted by Crippen LogP contribution is 2.43. The second-order valence-corrected chi connectivity index (χ2v) is 11.9. The molecule has 212 valence electrons. The maximum absolute atomic E-state index is 2.48. The first-order valence-electron chi connectivity index (χ1n) is 15.5. The van der Waals surface area contributed by atoms with Gasteiger partial charge in [-0.05, 0) is 86.6 Å². The second kappa shape index (κ2) is 10.1. The second-order valence-electron chi connectivity index (χ2n) is 11.9. The van der Waals surface area contributed by atoms with Crippen LogP contribution in [-0.2, 0) is 0 Å². The Labute approximate surface area is 262 Å². The van der Waals surface area contributed by atoms with E-state index in [1.54, 1.807) is 0 Å². The van der Waals surface area contributed by atoms with Crippen LogP contribution in [0.15, 0.2) is 164 Å². The summed E-state index contributed by atoms with van der Waals surface area (Å²) in [4.78, 5) is 2.22. The Hall–Kier alpha value is -5.86. The molecule has 0 aliphatic carbocycles. The Morgan fingerprint density at radius 3 is 1.80 bits per heavy atom. The summed E-state index contributed by atoms with van der Waals surface area (Å²) in [7, 11) is 2.12. The first kappa shape index (κ1) is 25.6. The standard InChI is InChI=1S/C43H30N2/c1-44(33-13-3-2-4-14-33)34-23-19-30(20-24-34)32-22-26-41-40(28-32)42-38-17-9-7-15-36(38)37-16-8-10-18-39(37)43(42)45(41)35-25-21-29-11-5-6-12-31(29)27-35/h2-28H,1H3. The van der Waals surface area contributed by atoms with Crippen LogP contribution in [0.25, 0.3) is 70.9 Å². The van der Waals surface area contributed by atoms with Crippen LogP contribution in [0.4, 0.5) is 11.4 Å². The van der Waals surface area contributed by atoms with E-state index in [2.05, 4.69) is 180 Å². The van der Waals surface area contributed by atoms with Crippen LogP contribution in [0.1, 0.15) is 0 Å². The summed E-state index contributed by atoms with van der Waals surface area (Å²) in [5.41, 5.74) is 8.40. The summed E-state index contributed by atoms with van der Waals surface area (Å²) in [5.74, 6) is 0. The van der Waals surface area contributed by atoms with Crippen LogP contribution in [0, 0.1) is 0 Å². The van der Waals surface area contributed by atoms with E-state index in [0.29, 0.717) is 0 Å². The molecule has 9 aromatic rings. The Morgan fingerprint density at radius 2 is 1.02 bits per heavy atom. The van der Waals surface area contributed by atoms with E-state index in [0.717, 1.165) is 5.69 Å². The Morgan fingerprint density at radius 1 is 0.422 bits per heavy atom. The minimum absolute atomic E-state index is 1.16. The highest BCUT2D eigenvalue weighted by atomic mass is 15.1. The Bertz CT molecular complexity index is 2540. The summed E-state index contributed by atoms with van der Waals surface area (Å²) < 4.78 is 2.48. The summed E-state index contributed by atoms with van der Waals surface area (Å²) >= 11 is 0. The number of hydrogen-bond acceptors (Lipinski definition) is 1. The van der Waals surface area contributed by atoms with Crippen LogP contribution < -0.4 is 4.90 Å². The van der Waals surface area contributed by atoms with Gasteiger partial charge in [0.25, 0.3) is 0 Å². The number of benzene rings is 8. The first-order valence-corrected chi connectivity index (χ1v) is 15.5. The van der Waals surface area contributed by atoms with Crippen LogP contribution in [0.3, 0.4) is 0 Å². The Kier molecular flexibility index (Phi) is 5.76. The molecule has 1 heterocycles. The lowest BCUT2D eigenvalue weighted by atomic mass is 9.95. The zero-order valence-electron chi connectivity index (χ0n) is 25.0. The molecule has 0 amide bonds. The lowest BCUT2D eigenvalue weighted by Gasteiger charge is -2.19. The third kappa shape index (κ3) is 4.03. The van der Waals surface area contributed by atoms with Crippen LogP contribution in [0.2, 0.25) is 0 Å². The largest absolute Gasteiger partial charge is 0.345 e. The lowest BCUT2D eigenvalue weighted by molar-refractivity contribution is 1.19. The third-order valence-electron chi connectivity index (χ3n) is 9.36. The van der Waals surface area contributed by atoms with Gasteiger partial charge in [-0.15, -0.1) is 0 Å². The highest BCUT2D eigenvalue weighted by molar-refractivity contribution is 6.32. The third-order valence-corrected chi connectivity index (χ3v) is 9.36. The van der Waals surface area contributed by atoms with Crippen molar-refractivity contribution < 1.29 is 0 Å². The number of nitrogens with zero attached hydrogens (tertiary/aromatic N) is 2. The molecule has 0 aliphatic rings. The molecule has 2 heteroatoms. The monoisotopic (exact) mass is 574 g/mol. The zero-order valence-corrected chi connectivity index (χ0v) is 25.0. The smallest absolute Gasteiger partial charge is 0.0625 e. The number of hydrogen-bond donors (Lipinski definition) is 0. The van der Waals surface area contributed by atoms with Crippen LogP contribution in [0.5, 0.6) is 0 Å². The molecule has 0 unspecified atom stereocenters. The molecule has 0 atom stereocenters. The van der Waals surface area contributed by atoms with Gasteiger partial charge in [0.2, 0.25) is 0 Å². The minimum atomic E-state index is 1.16. The van der Waals surface area contributed by atoms with Gasteiger partial charge in [-0.25, -0.2) is 0 Å². The van der Waals surface area contributed by atoms with E-state index >= 15 is 0 Å². The van der Waals surface area contributed by atoms with E-state index in [9.17, 15) is 0 Å². The van der Waals surface area contributed by atoms with Crippen molar-refractivity contribution in [2.24, 2.45) is 0 Å². The molecule has 8 aromatic carbocycles. The lowest BCUT2D eigenvalue weighted by Crippen LogP contribution is -2.08. The molecule has 0 saturated carbocycles. The van der Waals surface area contributed by atoms with Gasteiger partial charge in [-0.3, -0.25) is 0 Å².